The van der Waals surface area contributed by atoms with Gasteiger partial charge in [-0.1, -0.05) is 12.8 Å². The van der Waals surface area contributed by atoms with E-state index in [2.05, 4.69) is 30.2 Å². The number of ketones is 1. The molecule has 1 amide bonds. The zero-order chi connectivity index (χ0) is 28.9. The van der Waals surface area contributed by atoms with Gasteiger partial charge in [0.25, 0.3) is 11.5 Å². The Morgan fingerprint density at radius 1 is 1.10 bits per heavy atom. The van der Waals surface area contributed by atoms with Crippen molar-refractivity contribution in [2.24, 2.45) is 0 Å². The highest BCUT2D eigenvalue weighted by atomic mass is 16.5. The van der Waals surface area contributed by atoms with E-state index in [9.17, 15) is 14.4 Å². The lowest BCUT2D eigenvalue weighted by atomic mass is 10.0. The fourth-order valence-corrected chi connectivity index (χ4v) is 4.85. The third-order valence-electron chi connectivity index (χ3n) is 6.86. The van der Waals surface area contributed by atoms with E-state index in [-0.39, 0.29) is 35.5 Å². The highest BCUT2D eigenvalue weighted by Gasteiger charge is 2.25. The predicted octanol–water partition coefficient (Wildman–Crippen LogP) is 3.44. The average molecular weight is 557 g/mol. The van der Waals surface area contributed by atoms with Crippen molar-refractivity contribution in [3.8, 4) is 5.75 Å². The number of amides is 1. The number of hydrogen-bond donors (Lipinski definition) is 3. The molecule has 0 aliphatic heterocycles. The van der Waals surface area contributed by atoms with Crippen molar-refractivity contribution < 1.29 is 19.5 Å². The number of nitrogens with zero attached hydrogens (tertiary/aromatic N) is 6. The van der Waals surface area contributed by atoms with E-state index in [0.717, 1.165) is 31.8 Å². The summed E-state index contributed by atoms with van der Waals surface area (Å²) in [5, 5.41) is 12.3. The van der Waals surface area contributed by atoms with Gasteiger partial charge in [0, 0.05) is 41.7 Å². The Morgan fingerprint density at radius 2 is 1.85 bits per heavy atom. The molecule has 1 aliphatic carbocycles. The lowest BCUT2D eigenvalue weighted by Gasteiger charge is -2.19. The summed E-state index contributed by atoms with van der Waals surface area (Å²) in [6.45, 7) is 3.27. The Bertz CT molecular complexity index is 1680. The van der Waals surface area contributed by atoms with Crippen LogP contribution in [0.2, 0.25) is 0 Å². The van der Waals surface area contributed by atoms with Gasteiger partial charge in [0.15, 0.2) is 11.6 Å². The fraction of sp³-hybridized carbons (Fsp3) is 0.286. The van der Waals surface area contributed by atoms with E-state index >= 15 is 0 Å². The van der Waals surface area contributed by atoms with Gasteiger partial charge >= 0.3 is 0 Å². The van der Waals surface area contributed by atoms with Gasteiger partial charge in [0.05, 0.1) is 11.8 Å². The zero-order valence-corrected chi connectivity index (χ0v) is 22.5. The van der Waals surface area contributed by atoms with E-state index in [1.165, 1.54) is 37.1 Å². The number of aromatic nitrogens is 6. The van der Waals surface area contributed by atoms with Crippen LogP contribution in [-0.2, 0) is 11.4 Å². The fourth-order valence-electron chi connectivity index (χ4n) is 4.85. The topological polar surface area (TPSA) is 174 Å². The Hall–Kier alpha value is -5.04. The number of rotatable bonds is 9. The molecule has 4 aromatic heterocycles. The summed E-state index contributed by atoms with van der Waals surface area (Å²) in [6, 6.07) is 3.42. The number of fused-ring (bicyclic) bond motifs is 1. The van der Waals surface area contributed by atoms with Crippen LogP contribution in [0.3, 0.4) is 0 Å². The number of anilines is 2. The van der Waals surface area contributed by atoms with Gasteiger partial charge in [-0.05, 0) is 50.5 Å². The van der Waals surface area contributed by atoms with Gasteiger partial charge in [-0.15, -0.1) is 0 Å². The van der Waals surface area contributed by atoms with Crippen molar-refractivity contribution in [1.82, 2.24) is 35.0 Å². The monoisotopic (exact) mass is 556 g/mol. The second-order valence-electron chi connectivity index (χ2n) is 9.64. The van der Waals surface area contributed by atoms with Gasteiger partial charge in [-0.3, -0.25) is 24.2 Å². The van der Waals surface area contributed by atoms with Gasteiger partial charge in [-0.25, -0.2) is 25.4 Å². The highest BCUT2D eigenvalue weighted by Crippen LogP contribution is 2.32. The Balaban J connectivity index is 1.30. The molecule has 13 heteroatoms. The summed E-state index contributed by atoms with van der Waals surface area (Å²) in [6.07, 6.45) is 12.6. The number of carbonyl (C=O) groups excluding carboxylic acids is 2. The highest BCUT2D eigenvalue weighted by molar-refractivity contribution is 5.99. The lowest BCUT2D eigenvalue weighted by Crippen LogP contribution is -2.30. The van der Waals surface area contributed by atoms with E-state index in [4.69, 9.17) is 9.94 Å². The number of hydrogen-bond acceptors (Lipinski definition) is 11. The second-order valence-corrected chi connectivity index (χ2v) is 9.64. The van der Waals surface area contributed by atoms with E-state index in [1.807, 2.05) is 0 Å². The van der Waals surface area contributed by atoms with Crippen molar-refractivity contribution >= 4 is 40.6 Å². The van der Waals surface area contributed by atoms with Crippen LogP contribution in [0.1, 0.15) is 66.0 Å². The third kappa shape index (κ3) is 6.09. The molecule has 1 aliphatic rings. The molecule has 1 fully saturated rings. The number of Topliss-reactive ketones (excluding diaryl/α,β-unsaturated/α-hetero) is 1. The molecule has 0 unspecified atom stereocenters. The molecule has 0 atom stereocenters. The average Bonchev–Trinajstić information content (AvgIpc) is 3.50. The smallest absolute Gasteiger partial charge is 0.267 e. The van der Waals surface area contributed by atoms with E-state index < -0.39 is 5.91 Å². The number of aryl methyl sites for hydroxylation is 1. The summed E-state index contributed by atoms with van der Waals surface area (Å²) in [5.74, 6) is 0.751. The molecule has 4 heterocycles. The number of nitrogens with one attached hydrogen (secondary N) is 2. The normalized spacial score (nSPS) is 13.5. The van der Waals surface area contributed by atoms with Crippen LogP contribution in [0.15, 0.2) is 47.8 Å². The molecule has 41 heavy (non-hydrogen) atoms. The maximum absolute atomic E-state index is 13.4. The first-order valence-electron chi connectivity index (χ1n) is 13.1. The second kappa shape index (κ2) is 12.0. The molecule has 13 nitrogen and oxygen atoms in total. The van der Waals surface area contributed by atoms with Gasteiger partial charge < -0.3 is 10.1 Å². The van der Waals surface area contributed by atoms with Crippen molar-refractivity contribution in [2.75, 3.05) is 5.32 Å². The lowest BCUT2D eigenvalue weighted by molar-refractivity contribution is -0.124. The maximum atomic E-state index is 13.4. The van der Waals surface area contributed by atoms with Crippen LogP contribution in [0.4, 0.5) is 11.8 Å². The predicted molar refractivity (Wildman–Crippen MR) is 149 cm³/mol. The van der Waals surface area contributed by atoms with Crippen LogP contribution in [0.5, 0.6) is 5.75 Å². The molecule has 3 N–H and O–H groups in total. The van der Waals surface area contributed by atoms with Crippen LogP contribution < -0.4 is 21.1 Å². The van der Waals surface area contributed by atoms with Crippen molar-refractivity contribution in [1.29, 1.82) is 0 Å². The molecule has 0 aromatic carbocycles. The molecule has 0 bridgehead atoms. The quantitative estimate of drug-likeness (QED) is 0.119. The van der Waals surface area contributed by atoms with Crippen LogP contribution in [-0.4, -0.2) is 46.4 Å². The molecule has 0 radical (unpaired) electrons. The molecule has 5 rings (SSSR count). The minimum atomic E-state index is -0.655. The SMILES string of the molecule is CC(=O)c1c(C)c2cnc(Nc3ccc(OCc4ncc(/C=C/C(=O)NO)cn4)cn3)nc2n(C2CCCC2)c1=O. The molecule has 1 saturated carbocycles. The van der Waals surface area contributed by atoms with Gasteiger partial charge in [0.1, 0.15) is 23.8 Å². The van der Waals surface area contributed by atoms with Gasteiger partial charge in [0.2, 0.25) is 5.95 Å². The summed E-state index contributed by atoms with van der Waals surface area (Å²) in [7, 11) is 0. The van der Waals surface area contributed by atoms with Gasteiger partial charge in [-0.2, -0.15) is 4.98 Å². The van der Waals surface area contributed by atoms with Crippen molar-refractivity contribution in [2.45, 2.75) is 52.2 Å². The molecular weight excluding hydrogens is 528 g/mol. The largest absolute Gasteiger partial charge is 0.484 e. The maximum Gasteiger partial charge on any atom is 0.267 e. The summed E-state index contributed by atoms with van der Waals surface area (Å²) < 4.78 is 7.38. The number of ether oxygens (including phenoxy) is 1. The Labute approximate surface area is 234 Å². The molecule has 0 spiro atoms. The summed E-state index contributed by atoms with van der Waals surface area (Å²) in [4.78, 5) is 58.6. The molecule has 4 aromatic rings. The first-order chi connectivity index (χ1) is 19.8. The minimum Gasteiger partial charge on any atom is -0.484 e. The van der Waals surface area contributed by atoms with Crippen LogP contribution >= 0.6 is 0 Å². The molecular formula is C28H28N8O5. The number of hydroxylamine groups is 1. The number of carbonyl (C=O) groups is 2. The summed E-state index contributed by atoms with van der Waals surface area (Å²) in [5.41, 5.74) is 3.06. The van der Waals surface area contributed by atoms with E-state index in [1.54, 1.807) is 29.8 Å². The van der Waals surface area contributed by atoms with Crippen molar-refractivity contribution in [3.05, 3.63) is 75.9 Å². The third-order valence-corrected chi connectivity index (χ3v) is 6.86. The first-order valence-corrected chi connectivity index (χ1v) is 13.1. The number of pyridine rings is 2. The first kappa shape index (κ1) is 27.5. The van der Waals surface area contributed by atoms with Crippen molar-refractivity contribution in [3.63, 3.8) is 0 Å². The standard InChI is InChI=1S/C28H28N8O5/c1-16-21-14-32-28(34-26(21)36(19-5-3-4-6-19)27(39)25(16)17(2)37)33-22-9-8-20(13-31-22)41-15-23-29-11-18(12-30-23)7-10-24(38)35-40/h7-14,19,40H,3-6,15H2,1-2H3,(H,35,38)(H,31,32,33,34)/b10-7+. The molecule has 0 saturated heterocycles. The zero-order valence-electron chi connectivity index (χ0n) is 22.5. The Kier molecular flexibility index (Phi) is 8.06. The van der Waals surface area contributed by atoms with Crippen LogP contribution in [0.25, 0.3) is 17.1 Å². The van der Waals surface area contributed by atoms with Crippen LogP contribution in [0, 0.1) is 6.92 Å². The minimum absolute atomic E-state index is 0.00887. The van der Waals surface area contributed by atoms with E-state index in [0.29, 0.717) is 39.6 Å². The molecule has 210 valence electrons. The Morgan fingerprint density at radius 3 is 2.51 bits per heavy atom. The summed E-state index contributed by atoms with van der Waals surface area (Å²) >= 11 is 0.